The lowest BCUT2D eigenvalue weighted by molar-refractivity contribution is 0.118. The second kappa shape index (κ2) is 9.41. The summed E-state index contributed by atoms with van der Waals surface area (Å²) < 4.78 is 29.2. The van der Waals surface area contributed by atoms with Crippen molar-refractivity contribution < 1.29 is 13.6 Å². The molecule has 0 N–H and O–H groups in total. The molecule has 0 amide bonds. The zero-order chi connectivity index (χ0) is 21.8. The van der Waals surface area contributed by atoms with Gasteiger partial charge in [0.05, 0.1) is 15.7 Å². The molecule has 2 aromatic carbocycles. The molecule has 3 aromatic rings. The van der Waals surface area contributed by atoms with E-state index in [1.807, 2.05) is 13.8 Å². The van der Waals surface area contributed by atoms with Gasteiger partial charge in [0.25, 0.3) is 5.56 Å². The molecule has 1 aromatic heterocycles. The first-order valence-electron chi connectivity index (χ1n) is 9.10. The first-order valence-corrected chi connectivity index (χ1v) is 9.86. The van der Waals surface area contributed by atoms with Crippen LogP contribution in [0.25, 0.3) is 5.69 Å². The van der Waals surface area contributed by atoms with Gasteiger partial charge in [-0.25, -0.2) is 8.78 Å². The van der Waals surface area contributed by atoms with Crippen molar-refractivity contribution in [1.29, 1.82) is 0 Å². The van der Waals surface area contributed by atoms with E-state index in [9.17, 15) is 13.6 Å². The van der Waals surface area contributed by atoms with Crippen LogP contribution < -0.4 is 5.56 Å². The molecule has 0 aliphatic heterocycles. The van der Waals surface area contributed by atoms with Gasteiger partial charge in [-0.05, 0) is 36.2 Å². The molecule has 1 heterocycles. The second-order valence-electron chi connectivity index (χ2n) is 6.95. The van der Waals surface area contributed by atoms with Crippen molar-refractivity contribution in [3.63, 3.8) is 0 Å². The van der Waals surface area contributed by atoms with Crippen molar-refractivity contribution >= 4 is 28.9 Å². The van der Waals surface area contributed by atoms with Crippen molar-refractivity contribution in [2.24, 2.45) is 11.1 Å². The quantitative estimate of drug-likeness (QED) is 0.349. The number of pyridine rings is 1. The highest BCUT2D eigenvalue weighted by molar-refractivity contribution is 6.37. The van der Waals surface area contributed by atoms with Gasteiger partial charge in [0, 0.05) is 29.5 Å². The van der Waals surface area contributed by atoms with Crippen molar-refractivity contribution in [3.05, 3.63) is 97.9 Å². The highest BCUT2D eigenvalue weighted by Gasteiger charge is 2.17. The molecular formula is C22H18Cl2F2N2O2. The normalized spacial score (nSPS) is 11.8. The second-order valence-corrected chi connectivity index (χ2v) is 7.76. The first kappa shape index (κ1) is 22.0. The SMILES string of the molecule is CC(C)CON=C(c1ccc(=O)n(-c2c(Cl)cccc2Cl)c1)c1ccc(F)cc1F. The number of halogens is 4. The minimum Gasteiger partial charge on any atom is -0.395 e. The predicted molar refractivity (Wildman–Crippen MR) is 115 cm³/mol. The van der Waals surface area contributed by atoms with Crippen LogP contribution >= 0.6 is 23.2 Å². The highest BCUT2D eigenvalue weighted by atomic mass is 35.5. The number of oxime groups is 1. The lowest BCUT2D eigenvalue weighted by Crippen LogP contribution is -2.20. The maximum absolute atomic E-state index is 14.5. The van der Waals surface area contributed by atoms with Crippen LogP contribution in [-0.2, 0) is 4.84 Å². The number of nitrogens with zero attached hydrogens (tertiary/aromatic N) is 2. The molecule has 3 rings (SSSR count). The van der Waals surface area contributed by atoms with E-state index in [1.165, 1.54) is 29.0 Å². The molecule has 30 heavy (non-hydrogen) atoms. The van der Waals surface area contributed by atoms with E-state index >= 15 is 0 Å². The molecule has 0 bridgehead atoms. The molecule has 0 fully saturated rings. The molecule has 156 valence electrons. The van der Waals surface area contributed by atoms with Crippen molar-refractivity contribution in [2.75, 3.05) is 6.61 Å². The third kappa shape index (κ3) is 4.89. The van der Waals surface area contributed by atoms with Gasteiger partial charge in [-0.1, -0.05) is 48.3 Å². The van der Waals surface area contributed by atoms with E-state index in [-0.39, 0.29) is 32.9 Å². The van der Waals surface area contributed by atoms with Crippen LogP contribution in [0.4, 0.5) is 8.78 Å². The summed E-state index contributed by atoms with van der Waals surface area (Å²) in [6.07, 6.45) is 1.44. The fraction of sp³-hybridized carbons (Fsp3) is 0.182. The van der Waals surface area contributed by atoms with Crippen molar-refractivity contribution in [2.45, 2.75) is 13.8 Å². The summed E-state index contributed by atoms with van der Waals surface area (Å²) in [5.74, 6) is -1.34. The number of rotatable bonds is 6. The predicted octanol–water partition coefficient (Wildman–Crippen LogP) is 5.85. The zero-order valence-electron chi connectivity index (χ0n) is 16.2. The standard InChI is InChI=1S/C22H18Cl2F2N2O2/c1-13(2)12-30-27-21(16-8-7-15(25)10-19(16)26)14-6-9-20(29)28(11-14)22-17(23)4-3-5-18(22)24/h3-11,13H,12H2,1-2H3. The van der Waals surface area contributed by atoms with E-state index in [1.54, 1.807) is 18.2 Å². The van der Waals surface area contributed by atoms with E-state index in [2.05, 4.69) is 5.16 Å². The number of para-hydroxylation sites is 1. The summed E-state index contributed by atoms with van der Waals surface area (Å²) in [5.41, 5.74) is 0.381. The molecule has 0 saturated heterocycles. The Bertz CT molecular complexity index is 1140. The number of benzene rings is 2. The Morgan fingerprint density at radius 3 is 2.43 bits per heavy atom. The van der Waals surface area contributed by atoms with Crippen molar-refractivity contribution in [3.8, 4) is 5.69 Å². The summed E-state index contributed by atoms with van der Waals surface area (Å²) in [4.78, 5) is 17.9. The monoisotopic (exact) mass is 450 g/mol. The van der Waals surface area contributed by atoms with Gasteiger partial charge in [-0.3, -0.25) is 9.36 Å². The molecule has 0 spiro atoms. The topological polar surface area (TPSA) is 43.6 Å². The van der Waals surface area contributed by atoms with Crippen LogP contribution in [0.1, 0.15) is 25.0 Å². The van der Waals surface area contributed by atoms with E-state index in [4.69, 9.17) is 28.0 Å². The van der Waals surface area contributed by atoms with Crippen molar-refractivity contribution in [1.82, 2.24) is 4.57 Å². The van der Waals surface area contributed by atoms with E-state index in [0.29, 0.717) is 12.2 Å². The maximum atomic E-state index is 14.5. The highest BCUT2D eigenvalue weighted by Crippen LogP contribution is 2.27. The average molecular weight is 451 g/mol. The summed E-state index contributed by atoms with van der Waals surface area (Å²) in [5, 5.41) is 4.61. The van der Waals surface area contributed by atoms with Gasteiger partial charge >= 0.3 is 0 Å². The van der Waals surface area contributed by atoms with Crippen LogP contribution in [0.15, 0.2) is 64.7 Å². The lowest BCUT2D eigenvalue weighted by atomic mass is 10.0. The fourth-order valence-electron chi connectivity index (χ4n) is 2.71. The van der Waals surface area contributed by atoms with Crippen LogP contribution in [0, 0.1) is 17.6 Å². The summed E-state index contributed by atoms with van der Waals surface area (Å²) in [7, 11) is 0. The van der Waals surface area contributed by atoms with Gasteiger partial charge in [0.15, 0.2) is 0 Å². The molecule has 0 radical (unpaired) electrons. The summed E-state index contributed by atoms with van der Waals surface area (Å²) in [6.45, 7) is 4.17. The Hall–Kier alpha value is -2.70. The fourth-order valence-corrected chi connectivity index (χ4v) is 3.29. The molecule has 4 nitrogen and oxygen atoms in total. The van der Waals surface area contributed by atoms with Gasteiger partial charge in [-0.15, -0.1) is 0 Å². The molecule has 0 saturated carbocycles. The first-order chi connectivity index (χ1) is 14.3. The molecule has 0 atom stereocenters. The van der Waals surface area contributed by atoms with E-state index < -0.39 is 17.2 Å². The third-order valence-corrected chi connectivity index (χ3v) is 4.72. The van der Waals surface area contributed by atoms with Gasteiger partial charge in [0.1, 0.15) is 24.0 Å². The Balaban J connectivity index is 2.18. The van der Waals surface area contributed by atoms with Crippen LogP contribution in [0.2, 0.25) is 10.0 Å². The summed E-state index contributed by atoms with van der Waals surface area (Å²) >= 11 is 12.5. The molecule has 8 heteroatoms. The Labute approximate surface area is 182 Å². The Morgan fingerprint density at radius 2 is 1.80 bits per heavy atom. The molecule has 0 aliphatic carbocycles. The zero-order valence-corrected chi connectivity index (χ0v) is 17.7. The van der Waals surface area contributed by atoms with Crippen LogP contribution in [0.5, 0.6) is 0 Å². The van der Waals surface area contributed by atoms with Gasteiger partial charge in [0.2, 0.25) is 0 Å². The lowest BCUT2D eigenvalue weighted by Gasteiger charge is -2.14. The average Bonchev–Trinajstić information content (AvgIpc) is 2.67. The number of hydrogen-bond acceptors (Lipinski definition) is 3. The van der Waals surface area contributed by atoms with Crippen LogP contribution in [-0.4, -0.2) is 16.9 Å². The Kier molecular flexibility index (Phi) is 6.90. The van der Waals surface area contributed by atoms with Gasteiger partial charge in [-0.2, -0.15) is 0 Å². The van der Waals surface area contributed by atoms with E-state index in [0.717, 1.165) is 12.1 Å². The minimum absolute atomic E-state index is 0.0237. The van der Waals surface area contributed by atoms with Gasteiger partial charge < -0.3 is 4.84 Å². The minimum atomic E-state index is -0.810. The molecule has 0 unspecified atom stereocenters. The van der Waals surface area contributed by atoms with Crippen LogP contribution in [0.3, 0.4) is 0 Å². The molecular weight excluding hydrogens is 433 g/mol. The maximum Gasteiger partial charge on any atom is 0.255 e. The molecule has 0 aliphatic rings. The third-order valence-electron chi connectivity index (χ3n) is 4.11. The number of aromatic nitrogens is 1. The largest absolute Gasteiger partial charge is 0.395 e. The smallest absolute Gasteiger partial charge is 0.255 e. The number of hydrogen-bond donors (Lipinski definition) is 0. The Morgan fingerprint density at radius 1 is 1.10 bits per heavy atom. The summed E-state index contributed by atoms with van der Waals surface area (Å²) in [6, 6.07) is 10.8.